The fraction of sp³-hybridized carbons (Fsp3) is 0.333. The van der Waals surface area contributed by atoms with Crippen LogP contribution in [-0.4, -0.2) is 120 Å². The van der Waals surface area contributed by atoms with E-state index < -0.39 is 113 Å². The van der Waals surface area contributed by atoms with Gasteiger partial charge in [-0.3, -0.25) is 4.79 Å². The van der Waals surface area contributed by atoms with Gasteiger partial charge >= 0.3 is 5.97 Å². The molecular weight excluding hydrogens is 704 g/mol. The van der Waals surface area contributed by atoms with Crippen LogP contribution >= 0.6 is 0 Å². The highest BCUT2D eigenvalue weighted by Crippen LogP contribution is 2.51. The second kappa shape index (κ2) is 15.0. The minimum Gasteiger partial charge on any atom is -0.508 e. The lowest BCUT2D eigenvalue weighted by Crippen LogP contribution is -2.56. The highest BCUT2D eigenvalue weighted by Gasteiger charge is 2.50. The third-order valence-corrected chi connectivity index (χ3v) is 9.15. The summed E-state index contributed by atoms with van der Waals surface area (Å²) >= 11 is 0. The maximum absolute atomic E-state index is 13.8. The number of phenolic OH excluding ortho intramolecular Hbond substituents is 4. The number of carbonyl (C=O) groups excluding carboxylic acids is 1. The largest absolute Gasteiger partial charge is 0.508 e. The van der Waals surface area contributed by atoms with Crippen molar-refractivity contribution < 1.29 is 79.2 Å². The van der Waals surface area contributed by atoms with E-state index in [1.807, 2.05) is 0 Å². The lowest BCUT2D eigenvalue weighted by molar-refractivity contribution is -0.239. The molecule has 9 unspecified atom stereocenters. The predicted octanol–water partition coefficient (Wildman–Crippen LogP) is 0.224. The van der Waals surface area contributed by atoms with Crippen LogP contribution in [0.2, 0.25) is 0 Å². The quantitative estimate of drug-likeness (QED) is 0.0854. The smallest absolute Gasteiger partial charge is 0.331 e. The molecule has 1 aromatic heterocycles. The third kappa shape index (κ3) is 6.99. The lowest BCUT2D eigenvalue weighted by Gasteiger charge is -2.42. The molecule has 2 aliphatic rings. The van der Waals surface area contributed by atoms with Crippen molar-refractivity contribution in [1.82, 2.24) is 0 Å². The van der Waals surface area contributed by atoms with Crippen LogP contribution in [0, 0.1) is 0 Å². The lowest BCUT2D eigenvalue weighted by atomic mass is 9.85. The number of rotatable bonds is 8. The fourth-order valence-electron chi connectivity index (χ4n) is 6.36. The molecule has 3 heterocycles. The van der Waals surface area contributed by atoms with E-state index in [0.717, 1.165) is 12.1 Å². The Balaban J connectivity index is 1.54. The Morgan fingerprint density at radius 1 is 0.868 bits per heavy atom. The second-order valence-corrected chi connectivity index (χ2v) is 12.5. The van der Waals surface area contributed by atoms with Crippen LogP contribution in [0.3, 0.4) is 0 Å². The van der Waals surface area contributed by atoms with Crippen LogP contribution in [0.4, 0.5) is 0 Å². The van der Waals surface area contributed by atoms with Gasteiger partial charge in [-0.25, -0.2) is 4.79 Å². The summed E-state index contributed by atoms with van der Waals surface area (Å²) in [5.41, 5.74) is -2.13. The molecule has 0 saturated carbocycles. The standard InChI is InChI=1S/C36H36O17/c1-49-21-10-14(2-8-17(21)39)3-9-23(42)53-36-32(48)28(44)22(12-37)52-35(36)26-30(46)25(34-31(47)27(43)19(41)13-50-34)29(45)24-18(40)11-20(51-33(24)26)15-4-6-16(38)7-5-15/h2-11,19,22,27-28,31-32,34-39,41,43-48H,12-13H2,1H3. The van der Waals surface area contributed by atoms with E-state index >= 15 is 0 Å². The average Bonchev–Trinajstić information content (AvgIpc) is 3.13. The third-order valence-electron chi connectivity index (χ3n) is 9.15. The van der Waals surface area contributed by atoms with Crippen molar-refractivity contribution in [2.45, 2.75) is 54.9 Å². The normalized spacial score (nSPS) is 27.6. The number of aromatic hydroxyl groups is 4. The summed E-state index contributed by atoms with van der Waals surface area (Å²) in [6.07, 6.45) is -14.3. The van der Waals surface area contributed by atoms with E-state index in [0.29, 0.717) is 5.56 Å². The van der Waals surface area contributed by atoms with Crippen LogP contribution < -0.4 is 10.2 Å². The molecule has 10 N–H and O–H groups in total. The summed E-state index contributed by atoms with van der Waals surface area (Å²) in [7, 11) is 1.32. The molecule has 0 spiro atoms. The fourth-order valence-corrected chi connectivity index (χ4v) is 6.36. The van der Waals surface area contributed by atoms with Crippen LogP contribution in [0.25, 0.3) is 28.4 Å². The maximum atomic E-state index is 13.8. The molecule has 0 bridgehead atoms. The van der Waals surface area contributed by atoms with Crippen molar-refractivity contribution >= 4 is 23.0 Å². The van der Waals surface area contributed by atoms with E-state index in [4.69, 9.17) is 23.4 Å². The first-order chi connectivity index (χ1) is 25.2. The van der Waals surface area contributed by atoms with Gasteiger partial charge in [-0.15, -0.1) is 0 Å². The molecule has 2 fully saturated rings. The summed E-state index contributed by atoms with van der Waals surface area (Å²) in [5.74, 6) is -3.41. The van der Waals surface area contributed by atoms with Gasteiger partial charge in [-0.1, -0.05) is 6.07 Å². The number of aliphatic hydroxyl groups is 6. The zero-order chi connectivity index (χ0) is 38.3. The summed E-state index contributed by atoms with van der Waals surface area (Å²) in [5, 5.41) is 106. The Hall–Kier alpha value is -5.24. The van der Waals surface area contributed by atoms with Gasteiger partial charge in [0.05, 0.1) is 31.5 Å². The maximum Gasteiger partial charge on any atom is 0.331 e. The first-order valence-electron chi connectivity index (χ1n) is 16.1. The summed E-state index contributed by atoms with van der Waals surface area (Å²) in [6, 6.07) is 10.5. The van der Waals surface area contributed by atoms with Crippen molar-refractivity contribution in [1.29, 1.82) is 0 Å². The minimum atomic E-state index is -2.02. The zero-order valence-electron chi connectivity index (χ0n) is 27.7. The van der Waals surface area contributed by atoms with Crippen molar-refractivity contribution in [3.8, 4) is 40.1 Å². The van der Waals surface area contributed by atoms with Crippen molar-refractivity contribution in [3.05, 3.63) is 81.5 Å². The molecule has 17 heteroatoms. The van der Waals surface area contributed by atoms with Crippen LogP contribution in [0.5, 0.6) is 28.7 Å². The van der Waals surface area contributed by atoms with Gasteiger partial charge in [-0.2, -0.15) is 0 Å². The molecule has 0 radical (unpaired) electrons. The number of ether oxygens (including phenoxy) is 4. The monoisotopic (exact) mass is 740 g/mol. The van der Waals surface area contributed by atoms with Crippen molar-refractivity contribution in [3.63, 3.8) is 0 Å². The van der Waals surface area contributed by atoms with E-state index in [1.165, 1.54) is 55.7 Å². The molecule has 2 saturated heterocycles. The highest BCUT2D eigenvalue weighted by molar-refractivity contribution is 5.92. The molecule has 2 aliphatic heterocycles. The topological polar surface area (TPSA) is 286 Å². The van der Waals surface area contributed by atoms with Crippen LogP contribution in [0.1, 0.15) is 28.9 Å². The Bertz CT molecular complexity index is 2080. The summed E-state index contributed by atoms with van der Waals surface area (Å²) in [6.45, 7) is -1.49. The molecule has 53 heavy (non-hydrogen) atoms. The van der Waals surface area contributed by atoms with Gasteiger partial charge in [0, 0.05) is 17.7 Å². The molecule has 6 rings (SSSR count). The van der Waals surface area contributed by atoms with E-state index in [9.17, 15) is 60.7 Å². The number of fused-ring (bicyclic) bond motifs is 1. The number of carbonyl (C=O) groups is 1. The predicted molar refractivity (Wildman–Crippen MR) is 180 cm³/mol. The zero-order valence-corrected chi connectivity index (χ0v) is 27.7. The highest BCUT2D eigenvalue weighted by atomic mass is 16.6. The van der Waals surface area contributed by atoms with Crippen molar-refractivity contribution in [2.75, 3.05) is 20.3 Å². The first kappa shape index (κ1) is 37.5. The SMILES string of the molecule is COc1cc(C=CC(=O)OC2C(c3c(O)c(C4OCC(O)C(O)C4O)c(O)c4c(=O)cc(-c5ccc(O)cc5)oc34)OC(CO)C(O)C2O)ccc1O. The Morgan fingerprint density at radius 2 is 1.58 bits per heavy atom. The van der Waals surface area contributed by atoms with Crippen LogP contribution in [0.15, 0.2) is 63.8 Å². The first-order valence-corrected chi connectivity index (χ1v) is 16.1. The Labute approximate surface area is 299 Å². The number of benzene rings is 3. The van der Waals surface area contributed by atoms with Gasteiger partial charge in [0.25, 0.3) is 0 Å². The number of esters is 1. The Morgan fingerprint density at radius 3 is 2.26 bits per heavy atom. The number of phenols is 4. The number of hydrogen-bond acceptors (Lipinski definition) is 17. The molecule has 282 valence electrons. The van der Waals surface area contributed by atoms with E-state index in [2.05, 4.69) is 0 Å². The van der Waals surface area contributed by atoms with Gasteiger partial charge in [0.2, 0.25) is 0 Å². The Kier molecular flexibility index (Phi) is 10.6. The number of methoxy groups -OCH3 is 1. The van der Waals surface area contributed by atoms with Gasteiger partial charge < -0.3 is 74.4 Å². The molecule has 0 amide bonds. The summed E-state index contributed by atoms with van der Waals surface area (Å²) in [4.78, 5) is 27.0. The van der Waals surface area contributed by atoms with Gasteiger partial charge in [0.1, 0.15) is 77.2 Å². The van der Waals surface area contributed by atoms with E-state index in [1.54, 1.807) is 0 Å². The summed E-state index contributed by atoms with van der Waals surface area (Å²) < 4.78 is 28.1. The second-order valence-electron chi connectivity index (χ2n) is 12.5. The minimum absolute atomic E-state index is 0.0996. The molecular formula is C36H36O17. The molecule has 17 nitrogen and oxygen atoms in total. The number of aliphatic hydroxyl groups excluding tert-OH is 6. The molecule has 4 aromatic rings. The van der Waals surface area contributed by atoms with Crippen molar-refractivity contribution in [2.24, 2.45) is 0 Å². The molecule has 0 aliphatic carbocycles. The molecule has 9 atom stereocenters. The number of hydrogen-bond donors (Lipinski definition) is 10. The van der Waals surface area contributed by atoms with Gasteiger partial charge in [0.15, 0.2) is 28.6 Å². The van der Waals surface area contributed by atoms with Crippen LogP contribution in [-0.2, 0) is 19.0 Å². The average molecular weight is 741 g/mol. The molecule has 3 aromatic carbocycles. The van der Waals surface area contributed by atoms with E-state index in [-0.39, 0.29) is 28.6 Å². The van der Waals surface area contributed by atoms with Gasteiger partial charge in [-0.05, 0) is 48.0 Å².